The first-order valence-corrected chi connectivity index (χ1v) is 6.38. The van der Waals surface area contributed by atoms with Gasteiger partial charge in [-0.3, -0.25) is 9.20 Å². The molecule has 19 heavy (non-hydrogen) atoms. The van der Waals surface area contributed by atoms with Crippen molar-refractivity contribution in [2.24, 2.45) is 0 Å². The lowest BCUT2D eigenvalue weighted by Crippen LogP contribution is -1.91. The van der Waals surface area contributed by atoms with Crippen LogP contribution in [0.15, 0.2) is 47.1 Å². The van der Waals surface area contributed by atoms with Crippen molar-refractivity contribution in [3.05, 3.63) is 58.6 Å². The summed E-state index contributed by atoms with van der Waals surface area (Å²) in [5, 5.41) is 0. The van der Waals surface area contributed by atoms with Crippen LogP contribution in [0.5, 0.6) is 0 Å². The van der Waals surface area contributed by atoms with Crippen molar-refractivity contribution in [2.45, 2.75) is 0 Å². The Hall–Kier alpha value is -2.01. The Bertz CT molecular complexity index is 765. The van der Waals surface area contributed by atoms with Gasteiger partial charge in [0.05, 0.1) is 10.1 Å². The molecule has 0 aliphatic heterocycles. The van der Waals surface area contributed by atoms with Crippen LogP contribution in [0, 0.1) is 5.82 Å². The molecule has 3 aromatic rings. The molecule has 0 spiro atoms. The van der Waals surface area contributed by atoms with E-state index in [0.717, 1.165) is 16.5 Å². The van der Waals surface area contributed by atoms with Crippen LogP contribution in [-0.2, 0) is 0 Å². The van der Waals surface area contributed by atoms with Crippen LogP contribution in [-0.4, -0.2) is 15.7 Å². The maximum atomic E-state index is 13.0. The fourth-order valence-electron chi connectivity index (χ4n) is 2.00. The zero-order valence-electron chi connectivity index (χ0n) is 9.68. The molecule has 5 heteroatoms. The van der Waals surface area contributed by atoms with Gasteiger partial charge in [0.2, 0.25) is 0 Å². The van der Waals surface area contributed by atoms with E-state index >= 15 is 0 Å². The Morgan fingerprint density at radius 2 is 1.89 bits per heavy atom. The van der Waals surface area contributed by atoms with E-state index in [-0.39, 0.29) is 5.82 Å². The first kappa shape index (κ1) is 12.0. The predicted octanol–water partition coefficient (Wildman–Crippen LogP) is 3.72. The van der Waals surface area contributed by atoms with Gasteiger partial charge in [-0.1, -0.05) is 6.07 Å². The van der Waals surface area contributed by atoms with Crippen LogP contribution >= 0.6 is 15.9 Å². The number of imidazole rings is 1. The molecule has 0 atom stereocenters. The second kappa shape index (κ2) is 4.59. The molecule has 3 rings (SSSR count). The maximum Gasteiger partial charge on any atom is 0.170 e. The monoisotopic (exact) mass is 318 g/mol. The number of aldehydes is 1. The van der Waals surface area contributed by atoms with E-state index in [1.54, 1.807) is 12.1 Å². The van der Waals surface area contributed by atoms with Crippen molar-refractivity contribution < 1.29 is 9.18 Å². The van der Waals surface area contributed by atoms with Gasteiger partial charge < -0.3 is 0 Å². The van der Waals surface area contributed by atoms with Gasteiger partial charge in [-0.15, -0.1) is 0 Å². The second-order valence-corrected chi connectivity index (χ2v) is 4.83. The van der Waals surface area contributed by atoms with E-state index in [1.165, 1.54) is 12.1 Å². The zero-order valence-corrected chi connectivity index (χ0v) is 11.3. The van der Waals surface area contributed by atoms with Gasteiger partial charge in [0.15, 0.2) is 6.29 Å². The minimum atomic E-state index is -0.306. The van der Waals surface area contributed by atoms with E-state index in [4.69, 9.17) is 0 Å². The number of nitrogens with zero attached hydrogens (tertiary/aromatic N) is 2. The molecule has 0 amide bonds. The highest BCUT2D eigenvalue weighted by Crippen LogP contribution is 2.26. The molecule has 2 aromatic heterocycles. The van der Waals surface area contributed by atoms with E-state index in [2.05, 4.69) is 20.9 Å². The van der Waals surface area contributed by atoms with Crippen molar-refractivity contribution in [3.8, 4) is 11.4 Å². The molecule has 0 N–H and O–H groups in total. The molecule has 1 aromatic carbocycles. The molecular formula is C14H8BrFN2O. The van der Waals surface area contributed by atoms with Gasteiger partial charge >= 0.3 is 0 Å². The van der Waals surface area contributed by atoms with Crippen LogP contribution in [0.3, 0.4) is 0 Å². The average molecular weight is 319 g/mol. The summed E-state index contributed by atoms with van der Waals surface area (Å²) in [4.78, 5) is 15.4. The van der Waals surface area contributed by atoms with Gasteiger partial charge in [0.25, 0.3) is 0 Å². The molecular weight excluding hydrogens is 311 g/mol. The number of fused-ring (bicyclic) bond motifs is 1. The minimum Gasteiger partial charge on any atom is -0.296 e. The third-order valence-electron chi connectivity index (χ3n) is 2.86. The Balaban J connectivity index is 2.35. The van der Waals surface area contributed by atoms with Crippen molar-refractivity contribution >= 4 is 27.7 Å². The van der Waals surface area contributed by atoms with Crippen molar-refractivity contribution in [3.63, 3.8) is 0 Å². The van der Waals surface area contributed by atoms with Crippen molar-refractivity contribution in [1.29, 1.82) is 0 Å². The summed E-state index contributed by atoms with van der Waals surface area (Å²) in [6.45, 7) is 0. The first-order chi connectivity index (χ1) is 9.20. The molecule has 0 saturated carbocycles. The third kappa shape index (κ3) is 1.96. The highest BCUT2D eigenvalue weighted by atomic mass is 79.9. The number of carbonyl (C=O) groups excluding carboxylic acids is 1. The molecule has 2 heterocycles. The van der Waals surface area contributed by atoms with E-state index in [0.29, 0.717) is 17.0 Å². The Kier molecular flexibility index (Phi) is 2.91. The number of benzene rings is 1. The van der Waals surface area contributed by atoms with E-state index < -0.39 is 0 Å². The van der Waals surface area contributed by atoms with Crippen LogP contribution in [0.1, 0.15) is 10.5 Å². The molecule has 3 nitrogen and oxygen atoms in total. The number of halogens is 2. The Morgan fingerprint density at radius 1 is 1.16 bits per heavy atom. The first-order valence-electron chi connectivity index (χ1n) is 5.59. The summed E-state index contributed by atoms with van der Waals surface area (Å²) in [6, 6.07) is 11.5. The van der Waals surface area contributed by atoms with Gasteiger partial charge in [0.1, 0.15) is 17.3 Å². The second-order valence-electron chi connectivity index (χ2n) is 4.01. The largest absolute Gasteiger partial charge is 0.296 e. The fraction of sp³-hybridized carbons (Fsp3) is 0. The number of hydrogen-bond donors (Lipinski definition) is 0. The van der Waals surface area contributed by atoms with E-state index in [9.17, 15) is 9.18 Å². The Labute approximate surface area is 116 Å². The summed E-state index contributed by atoms with van der Waals surface area (Å²) in [5.74, 6) is 0.295. The van der Waals surface area contributed by atoms with Gasteiger partial charge in [0, 0.05) is 5.56 Å². The standard InChI is InChI=1S/C14H8BrFN2O/c15-13-3-1-2-12-11(8-19)17-14(18(12)13)9-4-6-10(16)7-5-9/h1-8H. The molecule has 0 aliphatic rings. The highest BCUT2D eigenvalue weighted by Gasteiger charge is 2.13. The van der Waals surface area contributed by atoms with Crippen molar-refractivity contribution in [1.82, 2.24) is 9.38 Å². The smallest absolute Gasteiger partial charge is 0.170 e. The number of hydrogen-bond acceptors (Lipinski definition) is 2. The lowest BCUT2D eigenvalue weighted by Gasteiger charge is -2.03. The molecule has 0 fully saturated rings. The SMILES string of the molecule is O=Cc1nc(-c2ccc(F)cc2)n2c(Br)cccc12. The molecule has 0 aliphatic carbocycles. The topological polar surface area (TPSA) is 34.4 Å². The summed E-state index contributed by atoms with van der Waals surface area (Å²) in [7, 11) is 0. The van der Waals surface area contributed by atoms with Crippen LogP contribution < -0.4 is 0 Å². The molecule has 94 valence electrons. The van der Waals surface area contributed by atoms with Crippen LogP contribution in [0.4, 0.5) is 4.39 Å². The molecule has 0 bridgehead atoms. The maximum absolute atomic E-state index is 13.0. The lowest BCUT2D eigenvalue weighted by atomic mass is 10.2. The number of rotatable bonds is 2. The van der Waals surface area contributed by atoms with Crippen LogP contribution in [0.2, 0.25) is 0 Å². The number of aromatic nitrogens is 2. The zero-order chi connectivity index (χ0) is 13.4. The number of pyridine rings is 1. The predicted molar refractivity (Wildman–Crippen MR) is 73.7 cm³/mol. The van der Waals surface area contributed by atoms with Gasteiger partial charge in [-0.05, 0) is 52.3 Å². The van der Waals surface area contributed by atoms with Gasteiger partial charge in [-0.25, -0.2) is 9.37 Å². The van der Waals surface area contributed by atoms with Crippen LogP contribution in [0.25, 0.3) is 16.9 Å². The third-order valence-corrected chi connectivity index (χ3v) is 3.48. The minimum absolute atomic E-state index is 0.306. The normalized spacial score (nSPS) is 10.8. The lowest BCUT2D eigenvalue weighted by molar-refractivity contribution is 0.112. The van der Waals surface area contributed by atoms with Crippen molar-refractivity contribution in [2.75, 3.05) is 0 Å². The Morgan fingerprint density at radius 3 is 2.58 bits per heavy atom. The quantitative estimate of drug-likeness (QED) is 0.533. The summed E-state index contributed by atoms with van der Waals surface area (Å²) >= 11 is 3.43. The molecule has 0 saturated heterocycles. The fourth-order valence-corrected chi connectivity index (χ4v) is 2.51. The molecule has 0 radical (unpaired) electrons. The number of carbonyl (C=O) groups is 1. The van der Waals surface area contributed by atoms with Gasteiger partial charge in [-0.2, -0.15) is 0 Å². The average Bonchev–Trinajstić information content (AvgIpc) is 2.80. The van der Waals surface area contributed by atoms with E-state index in [1.807, 2.05) is 22.6 Å². The summed E-state index contributed by atoms with van der Waals surface area (Å²) < 4.78 is 15.6. The summed E-state index contributed by atoms with van der Waals surface area (Å²) in [6.07, 6.45) is 0.717. The molecule has 0 unspecified atom stereocenters. The summed E-state index contributed by atoms with van der Waals surface area (Å²) in [5.41, 5.74) is 1.82. The highest BCUT2D eigenvalue weighted by molar-refractivity contribution is 9.10.